The van der Waals surface area contributed by atoms with Crippen molar-refractivity contribution in [3.05, 3.63) is 0 Å². The second-order valence-corrected chi connectivity index (χ2v) is 4.34. The molecule has 84 valence electrons. The molecule has 2 N–H and O–H groups in total. The van der Waals surface area contributed by atoms with Gasteiger partial charge in [-0.25, -0.2) is 0 Å². The number of rotatable bonds is 2. The molecule has 1 spiro atoms. The summed E-state index contributed by atoms with van der Waals surface area (Å²) in [6, 6.07) is 0. The summed E-state index contributed by atoms with van der Waals surface area (Å²) in [7, 11) is 0. The highest BCUT2D eigenvalue weighted by atomic mass is 16.4. The number of nitrogens with zero attached hydrogens (tertiary/aromatic N) is 1. The normalized spacial score (nSPS) is 31.2. The molecule has 5 heteroatoms. The first kappa shape index (κ1) is 10.4. The van der Waals surface area contributed by atoms with E-state index in [9.17, 15) is 9.59 Å². The third kappa shape index (κ3) is 1.84. The Balaban J connectivity index is 2.09. The van der Waals surface area contributed by atoms with E-state index in [2.05, 4.69) is 5.32 Å². The molecule has 0 aromatic rings. The molecule has 2 aliphatic heterocycles. The molecule has 2 heterocycles. The molecule has 5 nitrogen and oxygen atoms in total. The van der Waals surface area contributed by atoms with E-state index in [4.69, 9.17) is 5.11 Å². The number of likely N-dealkylation sites (tertiary alicyclic amines) is 1. The minimum atomic E-state index is -0.932. The Morgan fingerprint density at radius 2 is 2.20 bits per heavy atom. The van der Waals surface area contributed by atoms with Crippen LogP contribution in [0.15, 0.2) is 0 Å². The number of carbonyl (C=O) groups excluding carboxylic acids is 1. The van der Waals surface area contributed by atoms with Gasteiger partial charge in [0.05, 0.1) is 5.54 Å². The van der Waals surface area contributed by atoms with Gasteiger partial charge in [-0.1, -0.05) is 0 Å². The van der Waals surface area contributed by atoms with E-state index in [1.165, 1.54) is 4.90 Å². The van der Waals surface area contributed by atoms with E-state index in [0.29, 0.717) is 6.54 Å². The number of piperidine rings is 1. The van der Waals surface area contributed by atoms with Crippen LogP contribution < -0.4 is 5.32 Å². The van der Waals surface area contributed by atoms with Gasteiger partial charge in [-0.2, -0.15) is 0 Å². The van der Waals surface area contributed by atoms with Crippen molar-refractivity contribution in [3.8, 4) is 0 Å². The zero-order valence-electron chi connectivity index (χ0n) is 8.66. The predicted molar refractivity (Wildman–Crippen MR) is 53.4 cm³/mol. The van der Waals surface area contributed by atoms with Crippen LogP contribution in [0.25, 0.3) is 0 Å². The summed E-state index contributed by atoms with van der Waals surface area (Å²) in [4.78, 5) is 24.1. The molecular weight excluding hydrogens is 196 g/mol. The van der Waals surface area contributed by atoms with E-state index in [1.54, 1.807) is 0 Å². The van der Waals surface area contributed by atoms with Crippen molar-refractivity contribution < 1.29 is 14.7 Å². The van der Waals surface area contributed by atoms with Crippen LogP contribution in [0.4, 0.5) is 0 Å². The number of amides is 1. The van der Waals surface area contributed by atoms with Crippen molar-refractivity contribution in [1.82, 2.24) is 10.2 Å². The number of carboxylic acid groups (broad SMARTS) is 1. The van der Waals surface area contributed by atoms with Crippen LogP contribution in [0.1, 0.15) is 25.7 Å². The van der Waals surface area contributed by atoms with Gasteiger partial charge in [0.1, 0.15) is 6.54 Å². The van der Waals surface area contributed by atoms with Crippen LogP contribution >= 0.6 is 0 Å². The van der Waals surface area contributed by atoms with Crippen molar-refractivity contribution in [2.45, 2.75) is 31.2 Å². The van der Waals surface area contributed by atoms with Gasteiger partial charge in [-0.15, -0.1) is 0 Å². The highest BCUT2D eigenvalue weighted by Crippen LogP contribution is 2.30. The van der Waals surface area contributed by atoms with Crippen molar-refractivity contribution in [2.75, 3.05) is 19.6 Å². The van der Waals surface area contributed by atoms with Crippen molar-refractivity contribution >= 4 is 11.9 Å². The Labute approximate surface area is 88.4 Å². The van der Waals surface area contributed by atoms with Crippen LogP contribution in [0.2, 0.25) is 0 Å². The smallest absolute Gasteiger partial charge is 0.323 e. The highest BCUT2D eigenvalue weighted by Gasteiger charge is 2.45. The molecule has 1 amide bonds. The maximum absolute atomic E-state index is 12.1. The number of nitrogens with one attached hydrogen (secondary N) is 1. The molecule has 2 rings (SSSR count). The average molecular weight is 212 g/mol. The van der Waals surface area contributed by atoms with E-state index in [-0.39, 0.29) is 12.5 Å². The highest BCUT2D eigenvalue weighted by molar-refractivity contribution is 5.90. The molecule has 0 bridgehead atoms. The summed E-state index contributed by atoms with van der Waals surface area (Å²) < 4.78 is 0. The molecule has 0 saturated carbocycles. The van der Waals surface area contributed by atoms with Gasteiger partial charge >= 0.3 is 5.97 Å². The monoisotopic (exact) mass is 212 g/mol. The molecule has 15 heavy (non-hydrogen) atoms. The maximum Gasteiger partial charge on any atom is 0.323 e. The number of hydrogen-bond donors (Lipinski definition) is 2. The molecule has 1 atom stereocenters. The van der Waals surface area contributed by atoms with Gasteiger partial charge in [-0.3, -0.25) is 9.59 Å². The summed E-state index contributed by atoms with van der Waals surface area (Å²) in [5.41, 5.74) is -0.437. The second kappa shape index (κ2) is 3.81. The van der Waals surface area contributed by atoms with Gasteiger partial charge in [0, 0.05) is 6.54 Å². The molecular formula is C10H16N2O3. The predicted octanol–water partition coefficient (Wildman–Crippen LogP) is -0.184. The van der Waals surface area contributed by atoms with E-state index < -0.39 is 11.5 Å². The third-order valence-corrected chi connectivity index (χ3v) is 3.30. The Bertz CT molecular complexity index is 284. The van der Waals surface area contributed by atoms with Crippen molar-refractivity contribution in [1.29, 1.82) is 0 Å². The molecule has 0 aromatic heterocycles. The van der Waals surface area contributed by atoms with Gasteiger partial charge in [-0.05, 0) is 32.2 Å². The molecule has 0 radical (unpaired) electrons. The fourth-order valence-corrected chi connectivity index (χ4v) is 2.60. The van der Waals surface area contributed by atoms with Crippen molar-refractivity contribution in [2.24, 2.45) is 0 Å². The SMILES string of the molecule is O=C(O)CN1CCC[C@]2(CCCN2)C1=O. The zero-order valence-corrected chi connectivity index (χ0v) is 8.66. The molecule has 0 unspecified atom stereocenters. The van der Waals surface area contributed by atoms with E-state index >= 15 is 0 Å². The first-order valence-electron chi connectivity index (χ1n) is 5.40. The van der Waals surface area contributed by atoms with Crippen LogP contribution in [-0.2, 0) is 9.59 Å². The van der Waals surface area contributed by atoms with Gasteiger partial charge in [0.25, 0.3) is 0 Å². The third-order valence-electron chi connectivity index (χ3n) is 3.30. The molecule has 0 aliphatic carbocycles. The molecule has 2 fully saturated rings. The van der Waals surface area contributed by atoms with Gasteiger partial charge in [0.15, 0.2) is 0 Å². The lowest BCUT2D eigenvalue weighted by molar-refractivity contribution is -0.149. The Kier molecular flexibility index (Phi) is 2.65. The quantitative estimate of drug-likeness (QED) is 0.666. The minimum Gasteiger partial charge on any atom is -0.480 e. The lowest BCUT2D eigenvalue weighted by Gasteiger charge is -2.38. The zero-order chi connectivity index (χ0) is 10.9. The summed E-state index contributed by atoms with van der Waals surface area (Å²) in [5, 5.41) is 11.9. The Morgan fingerprint density at radius 3 is 2.80 bits per heavy atom. The number of carboxylic acids is 1. The summed E-state index contributed by atoms with van der Waals surface area (Å²) in [5.74, 6) is -0.952. The average Bonchev–Trinajstić information content (AvgIpc) is 2.62. The largest absolute Gasteiger partial charge is 0.480 e. The van der Waals surface area contributed by atoms with Crippen LogP contribution in [0.5, 0.6) is 0 Å². The van der Waals surface area contributed by atoms with Crippen LogP contribution in [0.3, 0.4) is 0 Å². The van der Waals surface area contributed by atoms with Crippen LogP contribution in [-0.4, -0.2) is 47.1 Å². The topological polar surface area (TPSA) is 69.6 Å². The summed E-state index contributed by atoms with van der Waals surface area (Å²) in [6.07, 6.45) is 3.60. The standard InChI is InChI=1S/C10H16N2O3/c13-8(14)7-12-6-2-4-10(9(12)15)3-1-5-11-10/h11H,1-7H2,(H,13,14)/t10-/m1/s1. The first-order chi connectivity index (χ1) is 7.14. The van der Waals surface area contributed by atoms with E-state index in [0.717, 1.165) is 32.2 Å². The van der Waals surface area contributed by atoms with Crippen molar-refractivity contribution in [3.63, 3.8) is 0 Å². The van der Waals surface area contributed by atoms with E-state index in [1.807, 2.05) is 0 Å². The summed E-state index contributed by atoms with van der Waals surface area (Å²) in [6.45, 7) is 1.28. The van der Waals surface area contributed by atoms with Gasteiger partial charge < -0.3 is 15.3 Å². The lowest BCUT2D eigenvalue weighted by atomic mass is 9.86. The Morgan fingerprint density at radius 1 is 1.47 bits per heavy atom. The fourth-order valence-electron chi connectivity index (χ4n) is 2.60. The first-order valence-corrected chi connectivity index (χ1v) is 5.40. The minimum absolute atomic E-state index is 0.0198. The second-order valence-electron chi connectivity index (χ2n) is 4.34. The molecule has 2 saturated heterocycles. The number of aliphatic carboxylic acids is 1. The fraction of sp³-hybridized carbons (Fsp3) is 0.800. The number of hydrogen-bond acceptors (Lipinski definition) is 3. The number of carbonyl (C=O) groups is 2. The van der Waals surface area contributed by atoms with Gasteiger partial charge in [0.2, 0.25) is 5.91 Å². The summed E-state index contributed by atoms with van der Waals surface area (Å²) >= 11 is 0. The molecule has 2 aliphatic rings. The molecule has 0 aromatic carbocycles. The van der Waals surface area contributed by atoms with Crippen LogP contribution in [0, 0.1) is 0 Å². The lowest BCUT2D eigenvalue weighted by Crippen LogP contribution is -2.59. The maximum atomic E-state index is 12.1. The Hall–Kier alpha value is -1.10.